The van der Waals surface area contributed by atoms with Gasteiger partial charge in [0.15, 0.2) is 0 Å². The summed E-state index contributed by atoms with van der Waals surface area (Å²) in [7, 11) is 2.14. The largest absolute Gasteiger partial charge is 0.393 e. The minimum Gasteiger partial charge on any atom is -0.393 e. The molecule has 2 rings (SSSR count). The lowest BCUT2D eigenvalue weighted by Gasteiger charge is -2.18. The van der Waals surface area contributed by atoms with E-state index in [0.29, 0.717) is 6.04 Å². The number of aliphatic hydroxyl groups is 1. The molecule has 1 aliphatic heterocycles. The molecule has 82 valence electrons. The van der Waals surface area contributed by atoms with Gasteiger partial charge in [-0.05, 0) is 43.9 Å². The normalized spacial score (nSPS) is 21.6. The quantitative estimate of drug-likeness (QED) is 0.798. The summed E-state index contributed by atoms with van der Waals surface area (Å²) in [5, 5.41) is 9.46. The number of benzene rings is 1. The summed E-state index contributed by atoms with van der Waals surface area (Å²) in [4.78, 5) is 2.32. The molecule has 2 nitrogen and oxygen atoms in total. The Morgan fingerprint density at radius 1 is 1.53 bits per heavy atom. The smallest absolute Gasteiger partial charge is 0.0552 e. The van der Waals surface area contributed by atoms with Crippen molar-refractivity contribution in [3.8, 4) is 0 Å². The first-order valence-electron chi connectivity index (χ1n) is 5.61. The molecule has 15 heavy (non-hydrogen) atoms. The lowest BCUT2D eigenvalue weighted by molar-refractivity contribution is 0.195. The van der Waals surface area contributed by atoms with Crippen LogP contribution in [0.3, 0.4) is 0 Å². The molecule has 0 amide bonds. The molecular formula is C13H19NO. The third kappa shape index (κ3) is 1.86. The molecule has 1 aromatic carbocycles. The van der Waals surface area contributed by atoms with Gasteiger partial charge in [-0.25, -0.2) is 0 Å². The van der Waals surface area contributed by atoms with Gasteiger partial charge in [0.2, 0.25) is 0 Å². The molecule has 2 unspecified atom stereocenters. The topological polar surface area (TPSA) is 23.5 Å². The third-order valence-corrected chi connectivity index (χ3v) is 3.30. The summed E-state index contributed by atoms with van der Waals surface area (Å²) in [6, 6.07) is 6.97. The van der Waals surface area contributed by atoms with E-state index in [4.69, 9.17) is 0 Å². The van der Waals surface area contributed by atoms with Crippen molar-refractivity contribution >= 4 is 5.69 Å². The summed E-state index contributed by atoms with van der Waals surface area (Å²) in [6.07, 6.45) is 1.62. The number of rotatable bonds is 2. The fourth-order valence-corrected chi connectivity index (χ4v) is 2.37. The van der Waals surface area contributed by atoms with Gasteiger partial charge in [0.25, 0.3) is 0 Å². The average Bonchev–Trinajstić information content (AvgIpc) is 2.45. The van der Waals surface area contributed by atoms with Gasteiger partial charge < -0.3 is 10.0 Å². The molecule has 1 N–H and O–H groups in total. The Morgan fingerprint density at radius 3 is 2.93 bits per heavy atom. The number of hydrogen-bond donors (Lipinski definition) is 1. The number of fused-ring (bicyclic) bond motifs is 1. The van der Waals surface area contributed by atoms with Crippen molar-refractivity contribution in [1.29, 1.82) is 0 Å². The van der Waals surface area contributed by atoms with Crippen LogP contribution in [-0.2, 0) is 12.8 Å². The van der Waals surface area contributed by atoms with Crippen LogP contribution in [-0.4, -0.2) is 24.3 Å². The lowest BCUT2D eigenvalue weighted by atomic mass is 9.99. The maximum absolute atomic E-state index is 9.46. The summed E-state index contributed by atoms with van der Waals surface area (Å²) < 4.78 is 0. The fraction of sp³-hybridized carbons (Fsp3) is 0.538. The molecule has 0 aromatic heterocycles. The first-order valence-corrected chi connectivity index (χ1v) is 5.61. The van der Waals surface area contributed by atoms with Gasteiger partial charge >= 0.3 is 0 Å². The number of aliphatic hydroxyl groups excluding tert-OH is 1. The Hall–Kier alpha value is -1.02. The first-order chi connectivity index (χ1) is 7.09. The Labute approximate surface area is 91.5 Å². The summed E-state index contributed by atoms with van der Waals surface area (Å²) in [5.74, 6) is 0. The monoisotopic (exact) mass is 205 g/mol. The maximum Gasteiger partial charge on any atom is 0.0552 e. The second-order valence-electron chi connectivity index (χ2n) is 4.63. The van der Waals surface area contributed by atoms with Gasteiger partial charge in [-0.15, -0.1) is 0 Å². The van der Waals surface area contributed by atoms with Crippen LogP contribution in [0.2, 0.25) is 0 Å². The van der Waals surface area contributed by atoms with Gasteiger partial charge in [0.05, 0.1) is 6.10 Å². The molecule has 2 heteroatoms. The van der Waals surface area contributed by atoms with Gasteiger partial charge in [-0.1, -0.05) is 12.1 Å². The molecule has 0 saturated carbocycles. The van der Waals surface area contributed by atoms with Crippen LogP contribution in [0.15, 0.2) is 18.2 Å². The SMILES string of the molecule is CC(O)Cc1cccc2c1CC(C)N2C. The van der Waals surface area contributed by atoms with Crippen LogP contribution in [0.1, 0.15) is 25.0 Å². The molecule has 0 radical (unpaired) electrons. The number of nitrogens with zero attached hydrogens (tertiary/aromatic N) is 1. The Balaban J connectivity index is 2.36. The van der Waals surface area contributed by atoms with Crippen molar-refractivity contribution in [2.45, 2.75) is 38.8 Å². The predicted molar refractivity (Wildman–Crippen MR) is 63.4 cm³/mol. The van der Waals surface area contributed by atoms with Gasteiger partial charge in [-0.3, -0.25) is 0 Å². The Kier molecular flexibility index (Phi) is 2.70. The highest BCUT2D eigenvalue weighted by Crippen LogP contribution is 2.33. The van der Waals surface area contributed by atoms with Gasteiger partial charge in [-0.2, -0.15) is 0 Å². The van der Waals surface area contributed by atoms with E-state index in [2.05, 4.69) is 37.1 Å². The zero-order valence-electron chi connectivity index (χ0n) is 9.70. The van der Waals surface area contributed by atoms with Crippen LogP contribution >= 0.6 is 0 Å². The number of hydrogen-bond acceptors (Lipinski definition) is 2. The van der Waals surface area contributed by atoms with E-state index < -0.39 is 0 Å². The zero-order chi connectivity index (χ0) is 11.0. The van der Waals surface area contributed by atoms with Crippen molar-refractivity contribution in [3.63, 3.8) is 0 Å². The van der Waals surface area contributed by atoms with Crippen LogP contribution in [0.4, 0.5) is 5.69 Å². The molecule has 1 heterocycles. The highest BCUT2D eigenvalue weighted by Gasteiger charge is 2.24. The van der Waals surface area contributed by atoms with Crippen LogP contribution in [0.25, 0.3) is 0 Å². The summed E-state index contributed by atoms with van der Waals surface area (Å²) >= 11 is 0. The molecule has 0 fully saturated rings. The standard InChI is InChI=1S/C13H19NO/c1-9-7-12-11(8-10(2)15)5-4-6-13(12)14(9)3/h4-6,9-10,15H,7-8H2,1-3H3. The maximum atomic E-state index is 9.46. The van der Waals surface area contributed by atoms with Crippen molar-refractivity contribution in [1.82, 2.24) is 0 Å². The molecule has 2 atom stereocenters. The van der Waals surface area contributed by atoms with Crippen LogP contribution < -0.4 is 4.90 Å². The summed E-state index contributed by atoms with van der Waals surface area (Å²) in [5.41, 5.74) is 4.06. The highest BCUT2D eigenvalue weighted by molar-refractivity contribution is 5.61. The number of anilines is 1. The van der Waals surface area contributed by atoms with E-state index >= 15 is 0 Å². The minimum atomic E-state index is -0.252. The molecular weight excluding hydrogens is 186 g/mol. The van der Waals surface area contributed by atoms with Crippen molar-refractivity contribution in [3.05, 3.63) is 29.3 Å². The Morgan fingerprint density at radius 2 is 2.27 bits per heavy atom. The van der Waals surface area contributed by atoms with E-state index in [1.807, 2.05) is 6.92 Å². The molecule has 0 aliphatic carbocycles. The van der Waals surface area contributed by atoms with Crippen molar-refractivity contribution < 1.29 is 5.11 Å². The number of likely N-dealkylation sites (N-methyl/N-ethyl adjacent to an activating group) is 1. The molecule has 0 bridgehead atoms. The highest BCUT2D eigenvalue weighted by atomic mass is 16.3. The van der Waals surface area contributed by atoms with E-state index in [0.717, 1.165) is 12.8 Å². The van der Waals surface area contributed by atoms with E-state index in [-0.39, 0.29) is 6.10 Å². The third-order valence-electron chi connectivity index (χ3n) is 3.30. The molecule has 0 spiro atoms. The lowest BCUT2D eigenvalue weighted by Crippen LogP contribution is -2.23. The molecule has 1 aliphatic rings. The van der Waals surface area contributed by atoms with Gasteiger partial charge in [0.1, 0.15) is 0 Å². The Bertz CT molecular complexity index is 360. The zero-order valence-corrected chi connectivity index (χ0v) is 9.70. The average molecular weight is 205 g/mol. The van der Waals surface area contributed by atoms with Crippen LogP contribution in [0, 0.1) is 0 Å². The summed E-state index contributed by atoms with van der Waals surface area (Å²) in [6.45, 7) is 4.09. The predicted octanol–water partition coefficient (Wildman–Crippen LogP) is 1.99. The van der Waals surface area contributed by atoms with E-state index in [9.17, 15) is 5.11 Å². The van der Waals surface area contributed by atoms with E-state index in [1.54, 1.807) is 0 Å². The second kappa shape index (κ2) is 3.86. The fourth-order valence-electron chi connectivity index (χ4n) is 2.37. The molecule has 1 aromatic rings. The first kappa shape index (κ1) is 10.5. The van der Waals surface area contributed by atoms with Crippen molar-refractivity contribution in [2.75, 3.05) is 11.9 Å². The van der Waals surface area contributed by atoms with Crippen LogP contribution in [0.5, 0.6) is 0 Å². The second-order valence-corrected chi connectivity index (χ2v) is 4.63. The minimum absolute atomic E-state index is 0.252. The van der Waals surface area contributed by atoms with Gasteiger partial charge in [0, 0.05) is 18.8 Å². The van der Waals surface area contributed by atoms with Crippen molar-refractivity contribution in [2.24, 2.45) is 0 Å². The molecule has 0 saturated heterocycles. The van der Waals surface area contributed by atoms with E-state index in [1.165, 1.54) is 16.8 Å².